The van der Waals surface area contributed by atoms with Gasteiger partial charge in [0.1, 0.15) is 12.4 Å². The van der Waals surface area contributed by atoms with E-state index in [1.54, 1.807) is 36.4 Å². The molecule has 0 saturated heterocycles. The standard InChI is InChI=1S/C20H25N3O4/c1-3-23(4-2)9-10-25-15-7-5-14(6-8-15)20(24)22-17-12-19-18(11-16(17)21)26-13-27-19/h5-8,11-12H,3-4,9-10,13,21H2,1-2H3,(H,22,24). The summed E-state index contributed by atoms with van der Waals surface area (Å²) in [6.07, 6.45) is 0. The Hall–Kier alpha value is -2.93. The molecule has 7 heteroatoms. The second-order valence-corrected chi connectivity index (χ2v) is 6.15. The number of likely N-dealkylation sites (N-methyl/N-ethyl adjacent to an activating group) is 1. The Balaban J connectivity index is 1.58. The Kier molecular flexibility index (Phi) is 6.03. The quantitative estimate of drug-likeness (QED) is 0.694. The molecule has 0 unspecified atom stereocenters. The molecule has 3 N–H and O–H groups in total. The molecule has 0 atom stereocenters. The lowest BCUT2D eigenvalue weighted by Gasteiger charge is -2.18. The minimum Gasteiger partial charge on any atom is -0.492 e. The number of rotatable bonds is 8. The number of fused-ring (bicyclic) bond motifs is 1. The van der Waals surface area contributed by atoms with E-state index in [0.717, 1.165) is 25.4 Å². The van der Waals surface area contributed by atoms with Crippen molar-refractivity contribution in [2.45, 2.75) is 13.8 Å². The zero-order valence-electron chi connectivity index (χ0n) is 15.7. The molecule has 2 aromatic carbocycles. The molecule has 0 aromatic heterocycles. The van der Waals surface area contributed by atoms with Crippen LogP contribution in [-0.4, -0.2) is 43.8 Å². The van der Waals surface area contributed by atoms with E-state index in [4.69, 9.17) is 19.9 Å². The number of benzene rings is 2. The van der Waals surface area contributed by atoms with E-state index in [2.05, 4.69) is 24.1 Å². The molecule has 3 rings (SSSR count). The van der Waals surface area contributed by atoms with Crippen LogP contribution in [0.25, 0.3) is 0 Å². The molecule has 0 aliphatic carbocycles. The average Bonchev–Trinajstić information content (AvgIpc) is 3.13. The minimum atomic E-state index is -0.254. The summed E-state index contributed by atoms with van der Waals surface area (Å²) in [7, 11) is 0. The number of nitrogens with one attached hydrogen (secondary N) is 1. The van der Waals surface area contributed by atoms with Crippen LogP contribution in [0.3, 0.4) is 0 Å². The van der Waals surface area contributed by atoms with E-state index in [9.17, 15) is 4.79 Å². The van der Waals surface area contributed by atoms with Crippen LogP contribution < -0.4 is 25.3 Å². The molecule has 1 aliphatic rings. The molecule has 1 amide bonds. The maximum atomic E-state index is 12.5. The Morgan fingerprint density at radius 2 is 1.81 bits per heavy atom. The fourth-order valence-electron chi connectivity index (χ4n) is 2.80. The van der Waals surface area contributed by atoms with E-state index in [1.165, 1.54) is 0 Å². The van der Waals surface area contributed by atoms with Gasteiger partial charge < -0.3 is 30.2 Å². The summed E-state index contributed by atoms with van der Waals surface area (Å²) < 4.78 is 16.3. The van der Waals surface area contributed by atoms with Crippen molar-refractivity contribution in [2.75, 3.05) is 44.1 Å². The largest absolute Gasteiger partial charge is 0.492 e. The first kappa shape index (κ1) is 18.8. The lowest BCUT2D eigenvalue weighted by molar-refractivity contribution is 0.102. The number of amides is 1. The van der Waals surface area contributed by atoms with Gasteiger partial charge >= 0.3 is 0 Å². The number of nitrogens with two attached hydrogens (primary N) is 1. The van der Waals surface area contributed by atoms with Crippen molar-refractivity contribution in [2.24, 2.45) is 0 Å². The van der Waals surface area contributed by atoms with Crippen LogP contribution in [0.4, 0.5) is 11.4 Å². The highest BCUT2D eigenvalue weighted by Gasteiger charge is 2.17. The van der Waals surface area contributed by atoms with Gasteiger partial charge in [0.15, 0.2) is 11.5 Å². The third kappa shape index (κ3) is 4.62. The van der Waals surface area contributed by atoms with Crippen LogP contribution in [0.15, 0.2) is 36.4 Å². The van der Waals surface area contributed by atoms with Crippen molar-refractivity contribution >= 4 is 17.3 Å². The number of carbonyl (C=O) groups excluding carboxylic acids is 1. The van der Waals surface area contributed by atoms with Gasteiger partial charge in [0.25, 0.3) is 5.91 Å². The Morgan fingerprint density at radius 3 is 2.48 bits per heavy atom. The molecule has 0 fully saturated rings. The van der Waals surface area contributed by atoms with E-state index in [1.807, 2.05) is 0 Å². The van der Waals surface area contributed by atoms with Gasteiger partial charge in [-0.2, -0.15) is 0 Å². The van der Waals surface area contributed by atoms with Gasteiger partial charge in [-0.25, -0.2) is 0 Å². The third-order valence-electron chi connectivity index (χ3n) is 4.48. The summed E-state index contributed by atoms with van der Waals surface area (Å²) in [6.45, 7) is 7.90. The molecular formula is C20H25N3O4. The molecule has 1 aliphatic heterocycles. The van der Waals surface area contributed by atoms with Gasteiger partial charge in [0, 0.05) is 24.2 Å². The SMILES string of the molecule is CCN(CC)CCOc1ccc(C(=O)Nc2cc3c(cc2N)OCO3)cc1. The molecule has 0 saturated carbocycles. The normalized spacial score (nSPS) is 12.3. The summed E-state index contributed by atoms with van der Waals surface area (Å²) in [4.78, 5) is 14.8. The summed E-state index contributed by atoms with van der Waals surface area (Å²) in [5.41, 5.74) is 7.40. The van der Waals surface area contributed by atoms with Crippen LogP contribution in [0, 0.1) is 0 Å². The molecule has 1 heterocycles. The van der Waals surface area contributed by atoms with Gasteiger partial charge in [0.2, 0.25) is 6.79 Å². The van der Waals surface area contributed by atoms with Crippen LogP contribution in [0.5, 0.6) is 17.2 Å². The molecule has 2 aromatic rings. The maximum absolute atomic E-state index is 12.5. The zero-order valence-corrected chi connectivity index (χ0v) is 15.7. The Labute approximate surface area is 159 Å². The van der Waals surface area contributed by atoms with Crippen molar-refractivity contribution < 1.29 is 19.0 Å². The lowest BCUT2D eigenvalue weighted by atomic mass is 10.2. The van der Waals surface area contributed by atoms with Gasteiger partial charge in [-0.1, -0.05) is 13.8 Å². The minimum absolute atomic E-state index is 0.155. The molecule has 27 heavy (non-hydrogen) atoms. The summed E-state index contributed by atoms with van der Waals surface area (Å²) in [5.74, 6) is 1.63. The van der Waals surface area contributed by atoms with E-state index < -0.39 is 0 Å². The first-order valence-corrected chi connectivity index (χ1v) is 9.06. The van der Waals surface area contributed by atoms with E-state index >= 15 is 0 Å². The lowest BCUT2D eigenvalue weighted by Crippen LogP contribution is -2.27. The predicted octanol–water partition coefficient (Wildman–Crippen LogP) is 2.97. The average molecular weight is 371 g/mol. The topological polar surface area (TPSA) is 86.1 Å². The number of carbonyl (C=O) groups is 1. The van der Waals surface area contributed by atoms with Gasteiger partial charge in [-0.15, -0.1) is 0 Å². The molecule has 0 bridgehead atoms. The van der Waals surface area contributed by atoms with E-state index in [-0.39, 0.29) is 12.7 Å². The predicted molar refractivity (Wildman–Crippen MR) is 105 cm³/mol. The number of nitrogen functional groups attached to an aromatic ring is 1. The number of ether oxygens (including phenoxy) is 3. The van der Waals surface area contributed by atoms with Gasteiger partial charge in [-0.05, 0) is 37.4 Å². The second-order valence-electron chi connectivity index (χ2n) is 6.15. The highest BCUT2D eigenvalue weighted by molar-refractivity contribution is 6.06. The zero-order chi connectivity index (χ0) is 19.2. The molecule has 144 valence electrons. The fraction of sp³-hybridized carbons (Fsp3) is 0.350. The highest BCUT2D eigenvalue weighted by atomic mass is 16.7. The second kappa shape index (κ2) is 8.64. The first-order chi connectivity index (χ1) is 13.1. The highest BCUT2D eigenvalue weighted by Crippen LogP contribution is 2.38. The van der Waals surface area contributed by atoms with Crippen LogP contribution in [-0.2, 0) is 0 Å². The van der Waals surface area contributed by atoms with Crippen LogP contribution in [0.1, 0.15) is 24.2 Å². The van der Waals surface area contributed by atoms with Crippen molar-refractivity contribution in [1.82, 2.24) is 4.90 Å². The van der Waals surface area contributed by atoms with E-state index in [0.29, 0.717) is 35.0 Å². The number of hydrogen-bond donors (Lipinski definition) is 2. The monoisotopic (exact) mass is 371 g/mol. The Morgan fingerprint density at radius 1 is 1.15 bits per heavy atom. The molecule has 0 radical (unpaired) electrons. The van der Waals surface area contributed by atoms with Crippen molar-refractivity contribution in [1.29, 1.82) is 0 Å². The first-order valence-electron chi connectivity index (χ1n) is 9.06. The van der Waals surface area contributed by atoms with Crippen molar-refractivity contribution in [3.05, 3.63) is 42.0 Å². The van der Waals surface area contributed by atoms with Crippen LogP contribution in [0.2, 0.25) is 0 Å². The van der Waals surface area contributed by atoms with Crippen molar-refractivity contribution in [3.8, 4) is 17.2 Å². The number of nitrogens with zero attached hydrogens (tertiary/aromatic N) is 1. The van der Waals surface area contributed by atoms with Gasteiger partial charge in [0.05, 0.1) is 11.4 Å². The van der Waals surface area contributed by atoms with Gasteiger partial charge in [-0.3, -0.25) is 4.79 Å². The summed E-state index contributed by atoms with van der Waals surface area (Å²) in [5, 5.41) is 2.80. The Bertz CT molecular complexity index is 789. The molecule has 7 nitrogen and oxygen atoms in total. The molecule has 0 spiro atoms. The smallest absolute Gasteiger partial charge is 0.255 e. The maximum Gasteiger partial charge on any atom is 0.255 e. The summed E-state index contributed by atoms with van der Waals surface area (Å²) >= 11 is 0. The number of anilines is 2. The summed E-state index contributed by atoms with van der Waals surface area (Å²) in [6, 6.07) is 10.3. The number of hydrogen-bond acceptors (Lipinski definition) is 6. The third-order valence-corrected chi connectivity index (χ3v) is 4.48. The fourth-order valence-corrected chi connectivity index (χ4v) is 2.80. The van der Waals surface area contributed by atoms with Crippen molar-refractivity contribution in [3.63, 3.8) is 0 Å². The molecular weight excluding hydrogens is 346 g/mol. The van der Waals surface area contributed by atoms with Crippen LogP contribution >= 0.6 is 0 Å².